The molecule has 1 aliphatic carbocycles. The molecule has 0 radical (unpaired) electrons. The molecule has 1 aliphatic heterocycles. The van der Waals surface area contributed by atoms with Crippen LogP contribution in [0, 0.1) is 5.92 Å². The maximum atomic E-state index is 13.9. The molecule has 8 heteroatoms. The van der Waals surface area contributed by atoms with E-state index in [1.807, 2.05) is 55.5 Å². The second kappa shape index (κ2) is 10.4. The van der Waals surface area contributed by atoms with Crippen LogP contribution in [0.15, 0.2) is 70.8 Å². The number of aromatic hydroxyl groups is 1. The maximum Gasteiger partial charge on any atom is 0.172 e. The van der Waals surface area contributed by atoms with Gasteiger partial charge in [0, 0.05) is 18.0 Å². The highest BCUT2D eigenvalue weighted by Crippen LogP contribution is 2.47. The van der Waals surface area contributed by atoms with Gasteiger partial charge in [0.2, 0.25) is 0 Å². The minimum Gasteiger partial charge on any atom is -0.503 e. The van der Waals surface area contributed by atoms with Crippen LogP contribution in [-0.2, 0) is 4.79 Å². The molecule has 0 amide bonds. The number of fused-ring (bicyclic) bond motifs is 2. The summed E-state index contributed by atoms with van der Waals surface area (Å²) in [7, 11) is 3.21. The number of allylic oxidation sites excluding steroid dienone is 1. The number of Topliss-reactive ketones (excluding diaryl/α,β-unsaturated/α-hetero) is 1. The zero-order chi connectivity index (χ0) is 26.1. The fourth-order valence-electron chi connectivity index (χ4n) is 5.12. The molecular weight excluding hydrogens is 536 g/mol. The molecule has 3 atom stereocenters. The highest BCUT2D eigenvalue weighted by atomic mass is 79.9. The molecule has 7 nitrogen and oxygen atoms in total. The summed E-state index contributed by atoms with van der Waals surface area (Å²) in [6, 6.07) is 16.9. The average Bonchev–Trinajstić information content (AvgIpc) is 3.07. The first-order valence-electron chi connectivity index (χ1n) is 12.2. The predicted molar refractivity (Wildman–Crippen MR) is 147 cm³/mol. The minimum absolute atomic E-state index is 0.0389. The Morgan fingerprint density at radius 1 is 0.973 bits per heavy atom. The number of ketones is 1. The van der Waals surface area contributed by atoms with Gasteiger partial charge in [0.05, 0.1) is 48.6 Å². The van der Waals surface area contributed by atoms with Crippen LogP contribution in [0.4, 0.5) is 11.4 Å². The van der Waals surface area contributed by atoms with E-state index in [4.69, 9.17) is 14.2 Å². The van der Waals surface area contributed by atoms with E-state index in [1.165, 1.54) is 0 Å². The number of hydrogen-bond acceptors (Lipinski definition) is 7. The zero-order valence-electron chi connectivity index (χ0n) is 20.9. The number of nitrogens with one attached hydrogen (secondary N) is 2. The van der Waals surface area contributed by atoms with Gasteiger partial charge in [0.25, 0.3) is 0 Å². The van der Waals surface area contributed by atoms with Crippen molar-refractivity contribution in [1.82, 2.24) is 0 Å². The molecule has 1 heterocycles. The van der Waals surface area contributed by atoms with Gasteiger partial charge in [-0.2, -0.15) is 0 Å². The first-order chi connectivity index (χ1) is 17.9. The van der Waals surface area contributed by atoms with Crippen molar-refractivity contribution < 1.29 is 24.1 Å². The number of anilines is 2. The van der Waals surface area contributed by atoms with E-state index in [9.17, 15) is 9.90 Å². The molecule has 192 valence electrons. The lowest BCUT2D eigenvalue weighted by Gasteiger charge is -2.33. The Morgan fingerprint density at radius 3 is 2.43 bits per heavy atom. The third kappa shape index (κ3) is 4.73. The number of para-hydroxylation sites is 2. The van der Waals surface area contributed by atoms with Gasteiger partial charge in [-0.3, -0.25) is 4.79 Å². The lowest BCUT2D eigenvalue weighted by molar-refractivity contribution is -0.122. The SMILES string of the molecule is CCOc1cc(C2Nc3ccccc3NC3=CC(c4ccc(OC)c(OC)c4)CC(=O)C32)cc(Br)c1O. The summed E-state index contributed by atoms with van der Waals surface area (Å²) in [5, 5.41) is 17.6. The van der Waals surface area contributed by atoms with Crippen molar-refractivity contribution in [3.63, 3.8) is 0 Å². The largest absolute Gasteiger partial charge is 0.503 e. The van der Waals surface area contributed by atoms with Crippen molar-refractivity contribution >= 4 is 33.1 Å². The summed E-state index contributed by atoms with van der Waals surface area (Å²) >= 11 is 3.46. The molecule has 5 rings (SSSR count). The van der Waals surface area contributed by atoms with Crippen molar-refractivity contribution in [2.45, 2.75) is 25.3 Å². The fraction of sp³-hybridized carbons (Fsp3) is 0.276. The Bertz CT molecular complexity index is 1370. The van der Waals surface area contributed by atoms with Crippen molar-refractivity contribution in [3.05, 3.63) is 82.0 Å². The Balaban J connectivity index is 1.61. The summed E-state index contributed by atoms with van der Waals surface area (Å²) in [5.74, 6) is 1.21. The van der Waals surface area contributed by atoms with E-state index in [2.05, 4.69) is 32.6 Å². The van der Waals surface area contributed by atoms with E-state index in [0.717, 1.165) is 28.2 Å². The molecule has 37 heavy (non-hydrogen) atoms. The van der Waals surface area contributed by atoms with Crippen LogP contribution < -0.4 is 24.8 Å². The van der Waals surface area contributed by atoms with Gasteiger partial charge in [0.1, 0.15) is 5.78 Å². The highest BCUT2D eigenvalue weighted by Gasteiger charge is 2.40. The number of hydrogen-bond donors (Lipinski definition) is 3. The lowest BCUT2D eigenvalue weighted by atomic mass is 9.76. The van der Waals surface area contributed by atoms with Gasteiger partial charge in [-0.25, -0.2) is 0 Å². The quantitative estimate of drug-likeness (QED) is 0.319. The van der Waals surface area contributed by atoms with Crippen LogP contribution >= 0.6 is 15.9 Å². The molecular formula is C29H29BrN2O5. The standard InChI is InChI=1S/C29H29BrN2O5/c1-4-37-26-15-18(11-19(30)29(26)34)28-27-22(31-20-7-5-6-8-21(20)32-28)12-17(13-23(27)33)16-9-10-24(35-2)25(14-16)36-3/h5-12,14-15,17,27-28,31-32,34H,4,13H2,1-3H3. The molecule has 0 bridgehead atoms. The number of phenols is 1. The number of carbonyl (C=O) groups excluding carboxylic acids is 1. The number of methoxy groups -OCH3 is 2. The van der Waals surface area contributed by atoms with Gasteiger partial charge in [-0.15, -0.1) is 0 Å². The van der Waals surface area contributed by atoms with Crippen LogP contribution in [0.2, 0.25) is 0 Å². The number of rotatable bonds is 6. The number of ether oxygens (including phenoxy) is 3. The minimum atomic E-state index is -0.463. The maximum absolute atomic E-state index is 13.9. The van der Waals surface area contributed by atoms with E-state index in [-0.39, 0.29) is 23.5 Å². The Labute approximate surface area is 224 Å². The molecule has 2 aliphatic rings. The van der Waals surface area contributed by atoms with Crippen molar-refractivity contribution in [3.8, 4) is 23.0 Å². The molecule has 0 saturated carbocycles. The van der Waals surface area contributed by atoms with E-state index < -0.39 is 5.92 Å². The fourth-order valence-corrected chi connectivity index (χ4v) is 5.58. The first-order valence-corrected chi connectivity index (χ1v) is 13.0. The molecule has 3 N–H and O–H groups in total. The molecule has 0 fully saturated rings. The Kier molecular flexibility index (Phi) is 7.02. The average molecular weight is 565 g/mol. The smallest absolute Gasteiger partial charge is 0.172 e. The van der Waals surface area contributed by atoms with Gasteiger partial charge < -0.3 is 30.0 Å². The van der Waals surface area contributed by atoms with E-state index in [1.54, 1.807) is 20.3 Å². The van der Waals surface area contributed by atoms with Crippen molar-refractivity contribution in [2.75, 3.05) is 31.5 Å². The van der Waals surface area contributed by atoms with Crippen LogP contribution in [0.1, 0.15) is 36.4 Å². The number of carbonyl (C=O) groups is 1. The second-order valence-corrected chi connectivity index (χ2v) is 9.92. The number of halogens is 1. The Hall–Kier alpha value is -3.65. The van der Waals surface area contributed by atoms with Crippen LogP contribution in [0.5, 0.6) is 23.0 Å². The molecule has 3 aromatic carbocycles. The van der Waals surface area contributed by atoms with Crippen LogP contribution in [0.3, 0.4) is 0 Å². The van der Waals surface area contributed by atoms with Gasteiger partial charge in [-0.1, -0.05) is 24.3 Å². The topological polar surface area (TPSA) is 89.0 Å². The van der Waals surface area contributed by atoms with E-state index in [0.29, 0.717) is 34.7 Å². The predicted octanol–water partition coefficient (Wildman–Crippen LogP) is 6.41. The van der Waals surface area contributed by atoms with Crippen molar-refractivity contribution in [2.24, 2.45) is 5.92 Å². The van der Waals surface area contributed by atoms with Gasteiger partial charge >= 0.3 is 0 Å². The van der Waals surface area contributed by atoms with Gasteiger partial charge in [-0.05, 0) is 70.4 Å². The molecule has 0 spiro atoms. The second-order valence-electron chi connectivity index (χ2n) is 9.07. The van der Waals surface area contributed by atoms with Gasteiger partial charge in [0.15, 0.2) is 23.0 Å². The van der Waals surface area contributed by atoms with E-state index >= 15 is 0 Å². The number of benzene rings is 3. The Morgan fingerprint density at radius 2 is 1.70 bits per heavy atom. The summed E-state index contributed by atoms with van der Waals surface area (Å²) in [5.41, 5.74) is 4.43. The molecule has 0 saturated heterocycles. The zero-order valence-corrected chi connectivity index (χ0v) is 22.5. The highest BCUT2D eigenvalue weighted by molar-refractivity contribution is 9.10. The number of phenolic OH excluding ortho intramolecular Hbond substituents is 1. The third-order valence-electron chi connectivity index (χ3n) is 6.88. The summed E-state index contributed by atoms with van der Waals surface area (Å²) in [6.45, 7) is 2.27. The molecule has 3 aromatic rings. The lowest BCUT2D eigenvalue weighted by Crippen LogP contribution is -2.33. The molecule has 0 aromatic heterocycles. The third-order valence-corrected chi connectivity index (χ3v) is 7.48. The summed E-state index contributed by atoms with van der Waals surface area (Å²) in [6.07, 6.45) is 2.49. The summed E-state index contributed by atoms with van der Waals surface area (Å²) < 4.78 is 17.1. The van der Waals surface area contributed by atoms with Crippen LogP contribution in [0.25, 0.3) is 0 Å². The first kappa shape index (κ1) is 25.0. The van der Waals surface area contributed by atoms with Crippen molar-refractivity contribution in [1.29, 1.82) is 0 Å². The summed E-state index contributed by atoms with van der Waals surface area (Å²) in [4.78, 5) is 13.9. The molecule has 3 unspecified atom stereocenters. The monoisotopic (exact) mass is 564 g/mol. The van der Waals surface area contributed by atoms with Crippen LogP contribution in [-0.4, -0.2) is 31.7 Å². The normalized spacial score (nSPS) is 20.4.